The second kappa shape index (κ2) is 1.97. The summed E-state index contributed by atoms with van der Waals surface area (Å²) in [6.45, 7) is 4.97. The quantitative estimate of drug-likeness (QED) is 0.627. The van der Waals surface area contributed by atoms with E-state index in [0.29, 0.717) is 6.42 Å². The van der Waals surface area contributed by atoms with E-state index in [0.717, 1.165) is 0 Å². The Morgan fingerprint density at radius 3 is 2.00 bits per heavy atom. The summed E-state index contributed by atoms with van der Waals surface area (Å²) in [6.07, 6.45) is 0.589. The normalized spacial score (nSPS) is 36.9. The van der Waals surface area contributed by atoms with Gasteiger partial charge in [0.25, 0.3) is 0 Å². The first-order valence-corrected chi connectivity index (χ1v) is 3.78. The Hall–Kier alpha value is -0.570. The summed E-state index contributed by atoms with van der Waals surface area (Å²) in [7, 11) is 0. The number of rotatable bonds is 2. The van der Waals surface area contributed by atoms with Crippen molar-refractivity contribution in [3.05, 3.63) is 0 Å². The predicted octanol–water partition coefficient (Wildman–Crippen LogP) is 0.868. The summed E-state index contributed by atoms with van der Waals surface area (Å²) in [5.41, 5.74) is -1.98. The summed E-state index contributed by atoms with van der Waals surface area (Å²) < 4.78 is 0. The first-order chi connectivity index (χ1) is 4.82. The molecule has 1 aliphatic carbocycles. The minimum absolute atomic E-state index is 0.0972. The van der Waals surface area contributed by atoms with Gasteiger partial charge in [0, 0.05) is 0 Å². The largest absolute Gasteiger partial charge is 0.481 e. The summed E-state index contributed by atoms with van der Waals surface area (Å²) in [6, 6.07) is 0. The summed E-state index contributed by atoms with van der Waals surface area (Å²) in [5, 5.41) is 18.4. The maximum atomic E-state index is 10.8. The van der Waals surface area contributed by atoms with Gasteiger partial charge in [-0.1, -0.05) is 6.92 Å². The van der Waals surface area contributed by atoms with Crippen LogP contribution in [0.4, 0.5) is 0 Å². The minimum Gasteiger partial charge on any atom is -0.481 e. The van der Waals surface area contributed by atoms with Gasteiger partial charge in [0.05, 0.1) is 11.0 Å². The first kappa shape index (κ1) is 8.53. The fourth-order valence-corrected chi connectivity index (χ4v) is 1.84. The molecule has 0 aliphatic heterocycles. The molecule has 1 rings (SSSR count). The molecule has 0 bridgehead atoms. The Labute approximate surface area is 66.0 Å². The summed E-state index contributed by atoms with van der Waals surface area (Å²) in [5.74, 6) is -0.780. The van der Waals surface area contributed by atoms with E-state index < -0.39 is 17.0 Å². The van der Waals surface area contributed by atoms with Crippen molar-refractivity contribution in [2.45, 2.75) is 32.8 Å². The molecule has 1 aliphatic rings. The zero-order chi connectivity index (χ0) is 8.86. The lowest BCUT2D eigenvalue weighted by atomic mass is 9.86. The highest BCUT2D eigenvalue weighted by atomic mass is 16.4. The summed E-state index contributed by atoms with van der Waals surface area (Å²) >= 11 is 0. The Bertz CT molecular complexity index is 192. The van der Waals surface area contributed by atoms with E-state index in [9.17, 15) is 9.90 Å². The molecule has 0 aromatic rings. The highest BCUT2D eigenvalue weighted by molar-refractivity contribution is 5.80. The van der Waals surface area contributed by atoms with E-state index in [1.807, 2.05) is 6.92 Å². The van der Waals surface area contributed by atoms with Crippen molar-refractivity contribution in [1.82, 2.24) is 0 Å². The smallest absolute Gasteiger partial charge is 0.312 e. The van der Waals surface area contributed by atoms with Crippen LogP contribution < -0.4 is 0 Å². The molecule has 64 valence electrons. The third-order valence-electron chi connectivity index (χ3n) is 2.78. The van der Waals surface area contributed by atoms with E-state index in [4.69, 9.17) is 5.11 Å². The molecule has 0 heterocycles. The van der Waals surface area contributed by atoms with Gasteiger partial charge in [-0.05, 0) is 26.2 Å². The van der Waals surface area contributed by atoms with Crippen molar-refractivity contribution in [2.75, 3.05) is 0 Å². The zero-order valence-electron chi connectivity index (χ0n) is 7.09. The van der Waals surface area contributed by atoms with E-state index >= 15 is 0 Å². The van der Waals surface area contributed by atoms with Crippen LogP contribution in [-0.4, -0.2) is 21.8 Å². The molecule has 2 atom stereocenters. The van der Waals surface area contributed by atoms with Gasteiger partial charge in [-0.3, -0.25) is 4.79 Å². The molecule has 0 radical (unpaired) electrons. The topological polar surface area (TPSA) is 57.5 Å². The van der Waals surface area contributed by atoms with Crippen LogP contribution >= 0.6 is 0 Å². The van der Waals surface area contributed by atoms with Gasteiger partial charge in [0.15, 0.2) is 0 Å². The van der Waals surface area contributed by atoms with Gasteiger partial charge in [0.1, 0.15) is 0 Å². The number of hydrogen-bond donors (Lipinski definition) is 2. The molecular weight excluding hydrogens is 144 g/mol. The standard InChI is InChI=1S/C8H14O3/c1-5-4-8(5,6(9)10)7(2,3)11/h5,11H,4H2,1-3H3,(H,9,10). The van der Waals surface area contributed by atoms with Crippen molar-refractivity contribution in [3.8, 4) is 0 Å². The highest BCUT2D eigenvalue weighted by Crippen LogP contribution is 2.59. The van der Waals surface area contributed by atoms with Crippen molar-refractivity contribution in [3.63, 3.8) is 0 Å². The van der Waals surface area contributed by atoms with Crippen LogP contribution in [0.5, 0.6) is 0 Å². The number of hydrogen-bond acceptors (Lipinski definition) is 2. The highest BCUT2D eigenvalue weighted by Gasteiger charge is 2.66. The van der Waals surface area contributed by atoms with Crippen LogP contribution in [0.25, 0.3) is 0 Å². The second-order valence-electron chi connectivity index (χ2n) is 3.94. The number of carboxylic acid groups (broad SMARTS) is 1. The molecule has 0 aromatic carbocycles. The second-order valence-corrected chi connectivity index (χ2v) is 3.94. The van der Waals surface area contributed by atoms with Crippen LogP contribution in [-0.2, 0) is 4.79 Å². The molecule has 3 heteroatoms. The van der Waals surface area contributed by atoms with Crippen LogP contribution in [0.1, 0.15) is 27.2 Å². The van der Waals surface area contributed by atoms with Gasteiger partial charge >= 0.3 is 5.97 Å². The van der Waals surface area contributed by atoms with Crippen molar-refractivity contribution in [2.24, 2.45) is 11.3 Å². The molecule has 0 saturated heterocycles. The average molecular weight is 158 g/mol. The molecule has 2 N–H and O–H groups in total. The van der Waals surface area contributed by atoms with Gasteiger partial charge in [0.2, 0.25) is 0 Å². The Morgan fingerprint density at radius 1 is 1.64 bits per heavy atom. The fraction of sp³-hybridized carbons (Fsp3) is 0.875. The van der Waals surface area contributed by atoms with Crippen LogP contribution in [0.15, 0.2) is 0 Å². The molecule has 3 nitrogen and oxygen atoms in total. The number of carbonyl (C=O) groups is 1. The molecule has 2 unspecified atom stereocenters. The molecular formula is C8H14O3. The molecule has 0 spiro atoms. The molecule has 1 saturated carbocycles. The van der Waals surface area contributed by atoms with Gasteiger partial charge in [-0.25, -0.2) is 0 Å². The lowest BCUT2D eigenvalue weighted by Crippen LogP contribution is -2.40. The Balaban J connectivity index is 2.89. The van der Waals surface area contributed by atoms with Crippen LogP contribution in [0.3, 0.4) is 0 Å². The lowest BCUT2D eigenvalue weighted by molar-refractivity contribution is -0.154. The van der Waals surface area contributed by atoms with Crippen molar-refractivity contribution in [1.29, 1.82) is 0 Å². The molecule has 0 aromatic heterocycles. The van der Waals surface area contributed by atoms with Crippen molar-refractivity contribution >= 4 is 5.97 Å². The number of carboxylic acids is 1. The number of aliphatic carboxylic acids is 1. The van der Waals surface area contributed by atoms with E-state index in [1.54, 1.807) is 13.8 Å². The van der Waals surface area contributed by atoms with E-state index in [1.165, 1.54) is 0 Å². The van der Waals surface area contributed by atoms with Crippen molar-refractivity contribution < 1.29 is 15.0 Å². The van der Waals surface area contributed by atoms with Crippen LogP contribution in [0.2, 0.25) is 0 Å². The van der Waals surface area contributed by atoms with Gasteiger partial charge in [-0.15, -0.1) is 0 Å². The average Bonchev–Trinajstić information content (AvgIpc) is 2.39. The molecule has 1 fully saturated rings. The van der Waals surface area contributed by atoms with Gasteiger partial charge < -0.3 is 10.2 Å². The van der Waals surface area contributed by atoms with E-state index in [-0.39, 0.29) is 5.92 Å². The third-order valence-corrected chi connectivity index (χ3v) is 2.78. The third kappa shape index (κ3) is 0.948. The Kier molecular flexibility index (Phi) is 1.53. The summed E-state index contributed by atoms with van der Waals surface area (Å²) in [4.78, 5) is 10.8. The molecule has 0 amide bonds. The molecule has 11 heavy (non-hydrogen) atoms. The van der Waals surface area contributed by atoms with Crippen LogP contribution in [0, 0.1) is 11.3 Å². The van der Waals surface area contributed by atoms with Gasteiger partial charge in [-0.2, -0.15) is 0 Å². The predicted molar refractivity (Wildman–Crippen MR) is 40.1 cm³/mol. The maximum Gasteiger partial charge on any atom is 0.312 e. The SMILES string of the molecule is CC1CC1(C(=O)O)C(C)(C)O. The maximum absolute atomic E-state index is 10.8. The zero-order valence-corrected chi connectivity index (χ0v) is 7.09. The first-order valence-electron chi connectivity index (χ1n) is 3.78. The van der Waals surface area contributed by atoms with E-state index in [2.05, 4.69) is 0 Å². The monoisotopic (exact) mass is 158 g/mol. The minimum atomic E-state index is -1.10. The lowest BCUT2D eigenvalue weighted by Gasteiger charge is -2.26. The fourth-order valence-electron chi connectivity index (χ4n) is 1.84. The Morgan fingerprint density at radius 2 is 2.00 bits per heavy atom. The number of aliphatic hydroxyl groups is 1.